The molecule has 2 heterocycles. The Balaban J connectivity index is 1.71. The van der Waals surface area contributed by atoms with Crippen molar-refractivity contribution >= 4 is 17.1 Å². The van der Waals surface area contributed by atoms with E-state index in [0.29, 0.717) is 12.2 Å². The third-order valence-corrected chi connectivity index (χ3v) is 4.80. The van der Waals surface area contributed by atoms with Crippen molar-refractivity contribution in [2.45, 2.75) is 51.0 Å². The summed E-state index contributed by atoms with van der Waals surface area (Å²) in [7, 11) is -1.72. The molecule has 3 rings (SSSR count). The zero-order valence-corrected chi connectivity index (χ0v) is 15.8. The molecule has 1 unspecified atom stereocenters. The van der Waals surface area contributed by atoms with E-state index in [2.05, 4.69) is 9.84 Å². The summed E-state index contributed by atoms with van der Waals surface area (Å²) in [4.78, 5) is 13.9. The number of benzene rings is 1. The highest BCUT2D eigenvalue weighted by molar-refractivity contribution is 7.83. The molecule has 0 spiro atoms. The summed E-state index contributed by atoms with van der Waals surface area (Å²) in [6, 6.07) is 5.65. The summed E-state index contributed by atoms with van der Waals surface area (Å²) in [5.41, 5.74) is 0.785. The minimum Gasteiger partial charge on any atom is -0.444 e. The zero-order chi connectivity index (χ0) is 19.8. The van der Waals surface area contributed by atoms with Gasteiger partial charge in [-0.2, -0.15) is 18.0 Å². The predicted molar refractivity (Wildman–Crippen MR) is 92.6 cm³/mol. The molecule has 1 aromatic heterocycles. The van der Waals surface area contributed by atoms with Gasteiger partial charge < -0.3 is 9.47 Å². The van der Waals surface area contributed by atoms with E-state index in [4.69, 9.17) is 4.74 Å². The average Bonchev–Trinajstić information content (AvgIpc) is 3.11. The minimum atomic E-state index is -2.96. The van der Waals surface area contributed by atoms with E-state index in [1.165, 1.54) is 33.3 Å². The maximum atomic E-state index is 12.7. The Labute approximate surface area is 157 Å². The number of halogens is 2. The van der Waals surface area contributed by atoms with E-state index in [1.807, 2.05) is 0 Å². The van der Waals surface area contributed by atoms with E-state index in [1.54, 1.807) is 27.0 Å². The number of carbonyl (C=O) groups is 1. The van der Waals surface area contributed by atoms with E-state index in [0.717, 1.165) is 5.56 Å². The van der Waals surface area contributed by atoms with Crippen molar-refractivity contribution in [1.82, 2.24) is 14.1 Å². The first-order valence-corrected chi connectivity index (χ1v) is 9.25. The van der Waals surface area contributed by atoms with Crippen LogP contribution in [0.3, 0.4) is 0 Å². The Bertz CT molecular complexity index is 856. The van der Waals surface area contributed by atoms with Crippen LogP contribution in [0.25, 0.3) is 0 Å². The van der Waals surface area contributed by atoms with Crippen LogP contribution in [0.15, 0.2) is 35.4 Å². The molecule has 0 fully saturated rings. The lowest BCUT2D eigenvalue weighted by atomic mass is 10.2. The van der Waals surface area contributed by atoms with E-state index in [9.17, 15) is 17.8 Å². The highest BCUT2D eigenvalue weighted by Gasteiger charge is 2.30. The highest BCUT2D eigenvalue weighted by Crippen LogP contribution is 2.25. The number of rotatable bonds is 4. The number of carbonyl (C=O) groups excluding carboxylic acids is 1. The Morgan fingerprint density at radius 2 is 2.04 bits per heavy atom. The van der Waals surface area contributed by atoms with E-state index < -0.39 is 29.3 Å². The fourth-order valence-corrected chi connectivity index (χ4v) is 3.56. The molecule has 1 aromatic carbocycles. The first kappa shape index (κ1) is 19.3. The van der Waals surface area contributed by atoms with E-state index in [-0.39, 0.29) is 17.2 Å². The summed E-state index contributed by atoms with van der Waals surface area (Å²) in [5.74, 6) is -0.0772. The van der Waals surface area contributed by atoms with Crippen molar-refractivity contribution in [2.75, 3.05) is 0 Å². The molecule has 0 saturated heterocycles. The van der Waals surface area contributed by atoms with Crippen LogP contribution in [0.4, 0.5) is 13.6 Å². The smallest absolute Gasteiger partial charge is 0.410 e. The van der Waals surface area contributed by atoms with Crippen LogP contribution in [0.5, 0.6) is 5.75 Å². The molecule has 1 aliphatic rings. The molecule has 7 nitrogen and oxygen atoms in total. The molecule has 146 valence electrons. The number of aromatic nitrogens is 2. The second-order valence-corrected chi connectivity index (χ2v) is 8.29. The third kappa shape index (κ3) is 4.62. The third-order valence-electron chi connectivity index (χ3n) is 3.61. The van der Waals surface area contributed by atoms with Crippen molar-refractivity contribution in [2.24, 2.45) is 0 Å². The fourth-order valence-electron chi connectivity index (χ4n) is 2.53. The lowest BCUT2D eigenvalue weighted by Gasteiger charge is -2.24. The van der Waals surface area contributed by atoms with Gasteiger partial charge in [-0.15, -0.1) is 0 Å². The standard InChI is InChI=1S/C17H19F2N3O4S/c1-17(2,3)26-16(23)21-8-11-9-22(20-14(11)10-21)27(24)13-6-4-5-12(7-13)25-15(18)19/h4-7,9,15H,8,10H2,1-3H3. The minimum absolute atomic E-state index is 0.0772. The van der Waals surface area contributed by atoms with Gasteiger partial charge in [0.2, 0.25) is 0 Å². The molecule has 1 aliphatic heterocycles. The number of nitrogens with zero attached hydrogens (tertiary/aromatic N) is 3. The fraction of sp³-hybridized carbons (Fsp3) is 0.412. The number of hydrogen-bond donors (Lipinski definition) is 0. The van der Waals surface area contributed by atoms with Crippen molar-refractivity contribution in [3.63, 3.8) is 0 Å². The summed E-state index contributed by atoms with van der Waals surface area (Å²) < 4.78 is 48.2. The van der Waals surface area contributed by atoms with Gasteiger partial charge in [0.25, 0.3) is 0 Å². The molecule has 0 N–H and O–H groups in total. The number of ether oxygens (including phenoxy) is 2. The molecule has 0 aliphatic carbocycles. The summed E-state index contributed by atoms with van der Waals surface area (Å²) in [5, 5.41) is 4.26. The predicted octanol–water partition coefficient (Wildman–Crippen LogP) is 3.31. The molecular formula is C17H19F2N3O4S. The summed E-state index contributed by atoms with van der Waals surface area (Å²) >= 11 is 0. The number of fused-ring (bicyclic) bond motifs is 1. The number of alkyl halides is 2. The van der Waals surface area contributed by atoms with Crippen LogP contribution in [0, 0.1) is 0 Å². The van der Waals surface area contributed by atoms with Gasteiger partial charge in [0.1, 0.15) is 11.4 Å². The monoisotopic (exact) mass is 399 g/mol. The number of amides is 1. The molecule has 10 heteroatoms. The molecule has 1 amide bonds. The summed E-state index contributed by atoms with van der Waals surface area (Å²) in [6.07, 6.45) is 1.14. The molecule has 2 aromatic rings. The second kappa shape index (κ2) is 7.26. The molecule has 0 radical (unpaired) electrons. The Hall–Kier alpha value is -2.49. The van der Waals surface area contributed by atoms with Gasteiger partial charge in [0.05, 0.1) is 23.7 Å². The van der Waals surface area contributed by atoms with Gasteiger partial charge in [-0.05, 0) is 39.0 Å². The first-order valence-electron chi connectivity index (χ1n) is 8.15. The Morgan fingerprint density at radius 1 is 1.30 bits per heavy atom. The van der Waals surface area contributed by atoms with Crippen molar-refractivity contribution in [1.29, 1.82) is 0 Å². The highest BCUT2D eigenvalue weighted by atomic mass is 32.2. The van der Waals surface area contributed by atoms with Crippen LogP contribution in [-0.4, -0.2) is 36.6 Å². The van der Waals surface area contributed by atoms with Crippen LogP contribution in [0.1, 0.15) is 32.0 Å². The van der Waals surface area contributed by atoms with Gasteiger partial charge in [0, 0.05) is 11.8 Å². The van der Waals surface area contributed by atoms with Gasteiger partial charge >= 0.3 is 12.7 Å². The maximum Gasteiger partial charge on any atom is 0.410 e. The van der Waals surface area contributed by atoms with Crippen LogP contribution < -0.4 is 4.74 Å². The van der Waals surface area contributed by atoms with Crippen molar-refractivity contribution in [3.05, 3.63) is 41.7 Å². The number of hydrogen-bond acceptors (Lipinski definition) is 5. The molecule has 0 bridgehead atoms. The molecular weight excluding hydrogens is 380 g/mol. The van der Waals surface area contributed by atoms with Crippen molar-refractivity contribution < 1.29 is 27.3 Å². The van der Waals surface area contributed by atoms with Crippen LogP contribution in [-0.2, 0) is 28.8 Å². The first-order chi connectivity index (χ1) is 12.6. The van der Waals surface area contributed by atoms with Crippen LogP contribution >= 0.6 is 0 Å². The lowest BCUT2D eigenvalue weighted by Crippen LogP contribution is -2.33. The van der Waals surface area contributed by atoms with Gasteiger partial charge in [0.15, 0.2) is 11.0 Å². The molecule has 0 saturated carbocycles. The average molecular weight is 399 g/mol. The molecule has 27 heavy (non-hydrogen) atoms. The normalized spacial score (nSPS) is 15.0. The topological polar surface area (TPSA) is 73.7 Å². The van der Waals surface area contributed by atoms with Crippen molar-refractivity contribution in [3.8, 4) is 5.75 Å². The van der Waals surface area contributed by atoms with Crippen LogP contribution in [0.2, 0.25) is 0 Å². The lowest BCUT2D eigenvalue weighted by molar-refractivity contribution is -0.0499. The van der Waals surface area contributed by atoms with Gasteiger partial charge in [-0.3, -0.25) is 4.90 Å². The zero-order valence-electron chi connectivity index (χ0n) is 15.0. The molecule has 1 atom stereocenters. The van der Waals surface area contributed by atoms with Gasteiger partial charge in [-0.1, -0.05) is 6.07 Å². The SMILES string of the molecule is CC(C)(C)OC(=O)N1Cc2cn(S(=O)c3cccc(OC(F)F)c3)nc2C1. The Morgan fingerprint density at radius 3 is 2.67 bits per heavy atom. The van der Waals surface area contributed by atoms with E-state index >= 15 is 0 Å². The quantitative estimate of drug-likeness (QED) is 0.789. The largest absolute Gasteiger partial charge is 0.444 e. The maximum absolute atomic E-state index is 12.7. The summed E-state index contributed by atoms with van der Waals surface area (Å²) in [6.45, 7) is 2.96. The second-order valence-electron chi connectivity index (χ2n) is 6.94. The Kier molecular flexibility index (Phi) is 5.18. The van der Waals surface area contributed by atoms with Gasteiger partial charge in [-0.25, -0.2) is 9.00 Å².